The van der Waals surface area contributed by atoms with Gasteiger partial charge in [0.15, 0.2) is 0 Å². The smallest absolute Gasteiger partial charge is 0.139 e. The molecule has 1 atom stereocenters. The summed E-state index contributed by atoms with van der Waals surface area (Å²) in [5, 5.41) is 0. The molecule has 1 saturated heterocycles. The van der Waals surface area contributed by atoms with Crippen molar-refractivity contribution >= 4 is 11.5 Å². The van der Waals surface area contributed by atoms with Crippen molar-refractivity contribution in [3.63, 3.8) is 0 Å². The highest BCUT2D eigenvalue weighted by Crippen LogP contribution is 2.28. The van der Waals surface area contributed by atoms with Crippen LogP contribution < -0.4 is 4.90 Å². The van der Waals surface area contributed by atoms with E-state index in [0.717, 1.165) is 13.1 Å². The fourth-order valence-electron chi connectivity index (χ4n) is 3.00. The topological polar surface area (TPSA) is 20.3 Å². The highest BCUT2D eigenvalue weighted by molar-refractivity contribution is 5.83. The van der Waals surface area contributed by atoms with E-state index in [1.807, 2.05) is 6.92 Å². The molecule has 90 valence electrons. The normalized spacial score (nSPS) is 23.9. The Kier molecular flexibility index (Phi) is 2.65. The summed E-state index contributed by atoms with van der Waals surface area (Å²) in [5.74, 6) is 0.611. The Bertz CT molecular complexity index is 452. The molecule has 2 nitrogen and oxygen atoms in total. The van der Waals surface area contributed by atoms with Gasteiger partial charge in [0.1, 0.15) is 5.78 Å². The molecule has 1 heterocycles. The molecule has 17 heavy (non-hydrogen) atoms. The molecule has 1 aliphatic carbocycles. The number of aryl methyl sites for hydroxylation is 2. The summed E-state index contributed by atoms with van der Waals surface area (Å²) < 4.78 is 0. The summed E-state index contributed by atoms with van der Waals surface area (Å²) in [6.07, 6.45) is 4.47. The number of benzene rings is 1. The Hall–Kier alpha value is -1.31. The van der Waals surface area contributed by atoms with Crippen LogP contribution in [-0.2, 0) is 17.6 Å². The first-order chi connectivity index (χ1) is 8.24. The van der Waals surface area contributed by atoms with Crippen LogP contribution in [-0.4, -0.2) is 18.9 Å². The van der Waals surface area contributed by atoms with Crippen LogP contribution in [0.2, 0.25) is 0 Å². The predicted molar refractivity (Wildman–Crippen MR) is 69.5 cm³/mol. The molecule has 1 aromatic carbocycles. The molecule has 1 aliphatic heterocycles. The Balaban J connectivity index is 1.82. The van der Waals surface area contributed by atoms with Crippen molar-refractivity contribution in [2.75, 3.05) is 18.0 Å². The minimum atomic E-state index is 0.192. The van der Waals surface area contributed by atoms with Crippen molar-refractivity contribution in [2.24, 2.45) is 5.92 Å². The van der Waals surface area contributed by atoms with Crippen molar-refractivity contribution in [2.45, 2.75) is 32.6 Å². The number of carbonyl (C=O) groups is 1. The zero-order valence-electron chi connectivity index (χ0n) is 10.4. The highest BCUT2D eigenvalue weighted by atomic mass is 16.1. The van der Waals surface area contributed by atoms with Gasteiger partial charge in [-0.2, -0.15) is 0 Å². The lowest BCUT2D eigenvalue weighted by Gasteiger charge is -2.32. The van der Waals surface area contributed by atoms with Crippen LogP contribution in [0.5, 0.6) is 0 Å². The molecule has 2 heteroatoms. The first-order valence-corrected chi connectivity index (χ1v) is 6.63. The number of nitrogens with zero attached hydrogens (tertiary/aromatic N) is 1. The molecule has 1 aromatic rings. The van der Waals surface area contributed by atoms with Gasteiger partial charge >= 0.3 is 0 Å². The van der Waals surface area contributed by atoms with E-state index >= 15 is 0 Å². The molecule has 0 N–H and O–H groups in total. The van der Waals surface area contributed by atoms with Crippen LogP contribution in [0.1, 0.15) is 30.9 Å². The van der Waals surface area contributed by atoms with Crippen LogP contribution in [0.3, 0.4) is 0 Å². The molecule has 0 spiro atoms. The maximum atomic E-state index is 11.5. The SMILES string of the molecule is CC1CN(c2ccc3c(c2)CCC3)CCC1=O. The number of rotatable bonds is 1. The molecular weight excluding hydrogens is 210 g/mol. The fraction of sp³-hybridized carbons (Fsp3) is 0.533. The van der Waals surface area contributed by atoms with E-state index in [9.17, 15) is 4.79 Å². The number of ketones is 1. The maximum absolute atomic E-state index is 11.5. The predicted octanol–water partition coefficient (Wildman–Crippen LogP) is 2.59. The lowest BCUT2D eigenvalue weighted by atomic mass is 9.97. The van der Waals surface area contributed by atoms with Crippen molar-refractivity contribution in [3.8, 4) is 0 Å². The minimum Gasteiger partial charge on any atom is -0.370 e. The van der Waals surface area contributed by atoms with E-state index < -0.39 is 0 Å². The summed E-state index contributed by atoms with van der Waals surface area (Å²) in [7, 11) is 0. The third kappa shape index (κ3) is 1.97. The van der Waals surface area contributed by atoms with Crippen LogP contribution >= 0.6 is 0 Å². The Morgan fingerprint density at radius 2 is 2.00 bits per heavy atom. The van der Waals surface area contributed by atoms with Gasteiger partial charge in [-0.05, 0) is 42.5 Å². The van der Waals surface area contributed by atoms with E-state index in [2.05, 4.69) is 23.1 Å². The monoisotopic (exact) mass is 229 g/mol. The first-order valence-electron chi connectivity index (χ1n) is 6.63. The van der Waals surface area contributed by atoms with Crippen LogP contribution in [0.4, 0.5) is 5.69 Å². The molecule has 1 unspecified atom stereocenters. The minimum absolute atomic E-state index is 0.192. The number of piperidine rings is 1. The fourth-order valence-corrected chi connectivity index (χ4v) is 3.00. The third-order valence-electron chi connectivity index (χ3n) is 4.12. The van der Waals surface area contributed by atoms with Crippen molar-refractivity contribution in [1.29, 1.82) is 0 Å². The molecule has 3 rings (SSSR count). The molecular formula is C15H19NO. The Labute approximate surface area is 103 Å². The van der Waals surface area contributed by atoms with Crippen molar-refractivity contribution in [3.05, 3.63) is 29.3 Å². The van der Waals surface area contributed by atoms with Crippen LogP contribution in [0, 0.1) is 5.92 Å². The molecule has 0 radical (unpaired) electrons. The average Bonchev–Trinajstić information content (AvgIpc) is 2.79. The van der Waals surface area contributed by atoms with Gasteiger partial charge < -0.3 is 4.90 Å². The second-order valence-corrected chi connectivity index (χ2v) is 5.37. The number of Topliss-reactive ketones (excluding diaryl/α,β-unsaturated/α-hetero) is 1. The van der Waals surface area contributed by atoms with Gasteiger partial charge in [0.25, 0.3) is 0 Å². The summed E-state index contributed by atoms with van der Waals surface area (Å²) in [6.45, 7) is 3.82. The van der Waals surface area contributed by atoms with Gasteiger partial charge in [0.05, 0.1) is 0 Å². The number of hydrogen-bond acceptors (Lipinski definition) is 2. The molecule has 0 amide bonds. The summed E-state index contributed by atoms with van der Waals surface area (Å²) in [5.41, 5.74) is 4.35. The zero-order chi connectivity index (χ0) is 11.8. The first kappa shape index (κ1) is 10.8. The molecule has 0 aromatic heterocycles. The van der Waals surface area contributed by atoms with Gasteiger partial charge in [0, 0.05) is 31.1 Å². The quantitative estimate of drug-likeness (QED) is 0.737. The van der Waals surface area contributed by atoms with Gasteiger partial charge in [-0.3, -0.25) is 4.79 Å². The molecule has 0 saturated carbocycles. The zero-order valence-corrected chi connectivity index (χ0v) is 10.4. The second-order valence-electron chi connectivity index (χ2n) is 5.37. The van der Waals surface area contributed by atoms with Crippen molar-refractivity contribution in [1.82, 2.24) is 0 Å². The van der Waals surface area contributed by atoms with Gasteiger partial charge in [0.2, 0.25) is 0 Å². The molecule has 1 fully saturated rings. The van der Waals surface area contributed by atoms with Crippen molar-refractivity contribution < 1.29 is 4.79 Å². The third-order valence-corrected chi connectivity index (χ3v) is 4.12. The van der Waals surface area contributed by atoms with E-state index in [1.165, 1.54) is 36.1 Å². The standard InChI is InChI=1S/C15H19NO/c1-11-10-16(8-7-15(11)17)14-6-5-12-3-2-4-13(12)9-14/h5-6,9,11H,2-4,7-8,10H2,1H3. The molecule has 2 aliphatic rings. The number of fused-ring (bicyclic) bond motifs is 1. The maximum Gasteiger partial charge on any atom is 0.139 e. The van der Waals surface area contributed by atoms with Gasteiger partial charge in [-0.15, -0.1) is 0 Å². The lowest BCUT2D eigenvalue weighted by Crippen LogP contribution is -2.39. The molecule has 0 bridgehead atoms. The second kappa shape index (κ2) is 4.17. The van der Waals surface area contributed by atoms with Crippen LogP contribution in [0.15, 0.2) is 18.2 Å². The Morgan fingerprint density at radius 1 is 1.18 bits per heavy atom. The number of carbonyl (C=O) groups excluding carboxylic acids is 1. The highest BCUT2D eigenvalue weighted by Gasteiger charge is 2.24. The Morgan fingerprint density at radius 3 is 2.82 bits per heavy atom. The average molecular weight is 229 g/mol. The van der Waals surface area contributed by atoms with E-state index in [-0.39, 0.29) is 5.92 Å². The van der Waals surface area contributed by atoms with E-state index in [0.29, 0.717) is 12.2 Å². The van der Waals surface area contributed by atoms with Gasteiger partial charge in [-0.1, -0.05) is 13.0 Å². The summed E-state index contributed by atoms with van der Waals surface area (Å²) in [4.78, 5) is 13.9. The number of anilines is 1. The summed E-state index contributed by atoms with van der Waals surface area (Å²) >= 11 is 0. The summed E-state index contributed by atoms with van der Waals surface area (Å²) in [6, 6.07) is 6.84. The van der Waals surface area contributed by atoms with Crippen LogP contribution in [0.25, 0.3) is 0 Å². The van der Waals surface area contributed by atoms with E-state index in [4.69, 9.17) is 0 Å². The van der Waals surface area contributed by atoms with E-state index in [1.54, 1.807) is 0 Å². The van der Waals surface area contributed by atoms with Gasteiger partial charge in [-0.25, -0.2) is 0 Å². The lowest BCUT2D eigenvalue weighted by molar-refractivity contribution is -0.122. The largest absolute Gasteiger partial charge is 0.370 e. The number of hydrogen-bond donors (Lipinski definition) is 0.